The zero-order chi connectivity index (χ0) is 19.3. The second-order valence-electron chi connectivity index (χ2n) is 6.99. The molecule has 3 N–H and O–H groups in total. The third kappa shape index (κ3) is 4.23. The Labute approximate surface area is 168 Å². The molecule has 0 aliphatic carbocycles. The monoisotopic (exact) mass is 396 g/mol. The summed E-state index contributed by atoms with van der Waals surface area (Å²) in [5, 5.41) is 6.89. The molecule has 4 rings (SSSR count). The van der Waals surface area contributed by atoms with E-state index in [1.165, 1.54) is 0 Å². The summed E-state index contributed by atoms with van der Waals surface area (Å²) in [5.74, 6) is 0.741. The Kier molecular flexibility index (Phi) is 5.68. The van der Waals surface area contributed by atoms with Gasteiger partial charge < -0.3 is 20.5 Å². The van der Waals surface area contributed by atoms with Crippen molar-refractivity contribution in [3.05, 3.63) is 59.1 Å². The number of aromatic amines is 1. The van der Waals surface area contributed by atoms with Crippen LogP contribution in [0.5, 0.6) is 0 Å². The number of rotatable bonds is 5. The minimum absolute atomic E-state index is 0.00717. The molecule has 3 aromatic rings. The van der Waals surface area contributed by atoms with Crippen LogP contribution in [0.1, 0.15) is 18.9 Å². The minimum Gasteiger partial charge on any atom is -0.361 e. The van der Waals surface area contributed by atoms with Crippen LogP contribution in [0.3, 0.4) is 0 Å². The van der Waals surface area contributed by atoms with Crippen molar-refractivity contribution in [3.63, 3.8) is 0 Å². The highest BCUT2D eigenvalue weighted by atomic mass is 32.1. The molecule has 1 aromatic carbocycles. The van der Waals surface area contributed by atoms with Crippen LogP contribution in [0.15, 0.2) is 53.5 Å². The lowest BCUT2D eigenvalue weighted by atomic mass is 10.0. The summed E-state index contributed by atoms with van der Waals surface area (Å²) in [6.07, 6.45) is 3.67. The number of piperidine rings is 1. The minimum atomic E-state index is -0.00717. The molecule has 0 spiro atoms. The number of aromatic nitrogens is 3. The first-order chi connectivity index (χ1) is 13.7. The molecule has 0 amide bonds. The summed E-state index contributed by atoms with van der Waals surface area (Å²) in [6.45, 7) is 3.63. The highest BCUT2D eigenvalue weighted by Crippen LogP contribution is 2.24. The van der Waals surface area contributed by atoms with Crippen molar-refractivity contribution in [1.29, 1.82) is 0 Å². The molecule has 0 bridgehead atoms. The Morgan fingerprint density at radius 3 is 2.75 bits per heavy atom. The molecule has 0 saturated carbocycles. The Hall–Kier alpha value is -2.71. The van der Waals surface area contributed by atoms with Gasteiger partial charge in [0, 0.05) is 38.4 Å². The van der Waals surface area contributed by atoms with Gasteiger partial charge in [-0.15, -0.1) is 0 Å². The number of imidazole rings is 1. The van der Waals surface area contributed by atoms with E-state index in [2.05, 4.69) is 25.5 Å². The van der Waals surface area contributed by atoms with Gasteiger partial charge in [-0.1, -0.05) is 18.2 Å². The lowest BCUT2D eigenvalue weighted by Crippen LogP contribution is -2.41. The van der Waals surface area contributed by atoms with Crippen molar-refractivity contribution < 1.29 is 0 Å². The van der Waals surface area contributed by atoms with Gasteiger partial charge >= 0.3 is 5.69 Å². The fraction of sp³-hybridized carbons (Fsp3) is 0.350. The lowest BCUT2D eigenvalue weighted by Gasteiger charge is -2.32. The molecular weight excluding hydrogens is 372 g/mol. The molecule has 7 nitrogen and oxygen atoms in total. The third-order valence-corrected chi connectivity index (χ3v) is 5.41. The highest BCUT2D eigenvalue weighted by Gasteiger charge is 2.23. The molecule has 1 aliphatic heterocycles. The van der Waals surface area contributed by atoms with E-state index in [9.17, 15) is 4.79 Å². The average Bonchev–Trinajstić information content (AvgIpc) is 3.05. The summed E-state index contributed by atoms with van der Waals surface area (Å²) in [4.78, 5) is 21.9. The van der Waals surface area contributed by atoms with Crippen molar-refractivity contribution in [2.75, 3.05) is 31.5 Å². The number of nitrogens with zero attached hydrogens (tertiary/aromatic N) is 3. The van der Waals surface area contributed by atoms with Gasteiger partial charge in [0.15, 0.2) is 5.11 Å². The van der Waals surface area contributed by atoms with Gasteiger partial charge in [0.05, 0.1) is 11.0 Å². The van der Waals surface area contributed by atoms with Crippen molar-refractivity contribution in [1.82, 2.24) is 24.8 Å². The Balaban J connectivity index is 1.25. The van der Waals surface area contributed by atoms with E-state index in [1.54, 1.807) is 6.20 Å². The maximum absolute atomic E-state index is 12.4. The fourth-order valence-electron chi connectivity index (χ4n) is 3.76. The molecule has 0 unspecified atom stereocenters. The van der Waals surface area contributed by atoms with E-state index in [-0.39, 0.29) is 11.7 Å². The fourth-order valence-corrected chi connectivity index (χ4v) is 3.97. The van der Waals surface area contributed by atoms with Crippen molar-refractivity contribution in [2.24, 2.45) is 0 Å². The van der Waals surface area contributed by atoms with Gasteiger partial charge in [-0.3, -0.25) is 4.57 Å². The van der Waals surface area contributed by atoms with Crippen LogP contribution in [-0.2, 0) is 0 Å². The number of para-hydroxylation sites is 2. The zero-order valence-electron chi connectivity index (χ0n) is 15.6. The maximum Gasteiger partial charge on any atom is 0.326 e. The van der Waals surface area contributed by atoms with Gasteiger partial charge in [0.2, 0.25) is 0 Å². The number of benzene rings is 1. The molecule has 146 valence electrons. The number of hydrogen-bond acceptors (Lipinski definition) is 4. The second-order valence-corrected chi connectivity index (χ2v) is 7.39. The molecule has 3 heterocycles. The number of hydrogen-bond donors (Lipinski definition) is 3. The standard InChI is InChI=1S/C20H24N6OS/c27-20-23-16-5-1-2-6-17(16)26(20)15-8-12-25(13-9-15)14-11-22-19(28)24-18-7-3-4-10-21-18/h1-7,10,15H,8-9,11-14H2,(H,23,27)(H2,21,22,24,28). The van der Waals surface area contributed by atoms with Crippen molar-refractivity contribution >= 4 is 34.2 Å². The summed E-state index contributed by atoms with van der Waals surface area (Å²) in [5.41, 5.74) is 1.90. The first kappa shape index (κ1) is 18.6. The van der Waals surface area contributed by atoms with Crippen LogP contribution in [0.2, 0.25) is 0 Å². The van der Waals surface area contributed by atoms with Crippen LogP contribution in [-0.4, -0.2) is 50.7 Å². The molecule has 2 aromatic heterocycles. The number of anilines is 1. The van der Waals surface area contributed by atoms with Crippen LogP contribution >= 0.6 is 12.2 Å². The molecule has 1 saturated heterocycles. The highest BCUT2D eigenvalue weighted by molar-refractivity contribution is 7.80. The average molecular weight is 397 g/mol. The van der Waals surface area contributed by atoms with E-state index in [4.69, 9.17) is 12.2 Å². The number of fused-ring (bicyclic) bond motifs is 1. The number of pyridine rings is 1. The Bertz CT molecular complexity index is 991. The van der Waals surface area contributed by atoms with Crippen LogP contribution in [0.4, 0.5) is 5.82 Å². The van der Waals surface area contributed by atoms with Gasteiger partial charge in [0.25, 0.3) is 0 Å². The molecule has 28 heavy (non-hydrogen) atoms. The number of H-pyrrole nitrogens is 1. The largest absolute Gasteiger partial charge is 0.361 e. The normalized spacial score (nSPS) is 15.6. The lowest BCUT2D eigenvalue weighted by molar-refractivity contribution is 0.189. The molecule has 0 atom stereocenters. The van der Waals surface area contributed by atoms with E-state index >= 15 is 0 Å². The topological polar surface area (TPSA) is 78.0 Å². The van der Waals surface area contributed by atoms with Crippen LogP contribution in [0, 0.1) is 0 Å². The van der Waals surface area contributed by atoms with Gasteiger partial charge in [-0.05, 0) is 49.3 Å². The predicted octanol–water partition coefficient (Wildman–Crippen LogP) is 2.35. The Morgan fingerprint density at radius 1 is 1.18 bits per heavy atom. The van der Waals surface area contributed by atoms with E-state index in [0.717, 1.165) is 55.9 Å². The molecule has 1 fully saturated rings. The maximum atomic E-state index is 12.4. The van der Waals surface area contributed by atoms with Crippen LogP contribution in [0.25, 0.3) is 11.0 Å². The van der Waals surface area contributed by atoms with Gasteiger partial charge in [-0.2, -0.15) is 0 Å². The zero-order valence-corrected chi connectivity index (χ0v) is 16.4. The summed E-state index contributed by atoms with van der Waals surface area (Å²) in [6, 6.07) is 13.8. The smallest absolute Gasteiger partial charge is 0.326 e. The number of likely N-dealkylation sites (tertiary alicyclic amines) is 1. The molecular formula is C20H24N6OS. The van der Waals surface area contributed by atoms with Crippen LogP contribution < -0.4 is 16.3 Å². The van der Waals surface area contributed by atoms with E-state index in [0.29, 0.717) is 5.11 Å². The van der Waals surface area contributed by atoms with Crippen molar-refractivity contribution in [2.45, 2.75) is 18.9 Å². The van der Waals surface area contributed by atoms with Crippen molar-refractivity contribution in [3.8, 4) is 0 Å². The SMILES string of the molecule is O=c1[nH]c2ccccc2n1C1CCN(CCNC(=S)Nc2ccccn2)CC1. The van der Waals surface area contributed by atoms with E-state index in [1.807, 2.05) is 47.0 Å². The third-order valence-electron chi connectivity index (χ3n) is 5.17. The molecule has 0 radical (unpaired) electrons. The number of nitrogens with one attached hydrogen (secondary N) is 3. The summed E-state index contributed by atoms with van der Waals surface area (Å²) < 4.78 is 1.93. The quantitative estimate of drug-likeness (QED) is 0.575. The predicted molar refractivity (Wildman–Crippen MR) is 116 cm³/mol. The first-order valence-corrected chi connectivity index (χ1v) is 9.99. The first-order valence-electron chi connectivity index (χ1n) is 9.58. The molecule has 8 heteroatoms. The summed E-state index contributed by atoms with van der Waals surface area (Å²) >= 11 is 5.31. The van der Waals surface area contributed by atoms with E-state index < -0.39 is 0 Å². The number of thiocarbonyl (C=S) groups is 1. The van der Waals surface area contributed by atoms with Gasteiger partial charge in [0.1, 0.15) is 5.82 Å². The van der Waals surface area contributed by atoms with Gasteiger partial charge in [-0.25, -0.2) is 9.78 Å². The second kappa shape index (κ2) is 8.53. The molecule has 1 aliphatic rings. The summed E-state index contributed by atoms with van der Waals surface area (Å²) in [7, 11) is 0. The Morgan fingerprint density at radius 2 is 1.96 bits per heavy atom.